The number of aromatic nitrogens is 1. The lowest BCUT2D eigenvalue weighted by Gasteiger charge is -2.02. The number of nitrogens with zero attached hydrogens (tertiary/aromatic N) is 1. The second-order valence-corrected chi connectivity index (χ2v) is 6.27. The Balaban J connectivity index is 1.45. The maximum atomic E-state index is 12.1. The van der Waals surface area contributed by atoms with Gasteiger partial charge in [0.05, 0.1) is 6.61 Å². The first kappa shape index (κ1) is 18.5. The monoisotopic (exact) mass is 385 g/mol. The molecule has 29 heavy (non-hydrogen) atoms. The molecule has 0 N–H and O–H groups in total. The molecule has 0 saturated carbocycles. The van der Waals surface area contributed by atoms with E-state index < -0.39 is 5.97 Å². The number of oxazole rings is 1. The van der Waals surface area contributed by atoms with E-state index >= 15 is 0 Å². The number of hydrogen-bond acceptors (Lipinski definition) is 5. The summed E-state index contributed by atoms with van der Waals surface area (Å²) in [5.41, 5.74) is 3.03. The van der Waals surface area contributed by atoms with Crippen molar-refractivity contribution in [2.45, 2.75) is 6.92 Å². The molecule has 0 amide bonds. The van der Waals surface area contributed by atoms with Crippen LogP contribution < -0.4 is 9.47 Å². The summed E-state index contributed by atoms with van der Waals surface area (Å²) in [4.78, 5) is 16.6. The lowest BCUT2D eigenvalue weighted by Crippen LogP contribution is -2.03. The summed E-state index contributed by atoms with van der Waals surface area (Å²) >= 11 is 0. The van der Waals surface area contributed by atoms with Crippen molar-refractivity contribution in [1.29, 1.82) is 0 Å². The third kappa shape index (κ3) is 4.52. The average molecular weight is 385 g/mol. The normalized spacial score (nSPS) is 11.1. The van der Waals surface area contributed by atoms with Crippen LogP contribution in [-0.2, 0) is 4.79 Å². The van der Waals surface area contributed by atoms with Crippen LogP contribution in [0.2, 0.25) is 0 Å². The summed E-state index contributed by atoms with van der Waals surface area (Å²) in [5, 5.41) is 0. The minimum absolute atomic E-state index is 0.398. The maximum absolute atomic E-state index is 12.1. The van der Waals surface area contributed by atoms with Crippen LogP contribution in [0.4, 0.5) is 0 Å². The number of carbonyl (C=O) groups is 1. The summed E-state index contributed by atoms with van der Waals surface area (Å²) in [7, 11) is 0. The zero-order valence-corrected chi connectivity index (χ0v) is 15.9. The highest BCUT2D eigenvalue weighted by Crippen LogP contribution is 2.27. The molecule has 5 nitrogen and oxygen atoms in total. The minimum Gasteiger partial charge on any atom is -0.494 e. The first-order valence-corrected chi connectivity index (χ1v) is 9.30. The lowest BCUT2D eigenvalue weighted by atomic mass is 10.2. The Morgan fingerprint density at radius 2 is 1.76 bits per heavy atom. The molecule has 1 aromatic heterocycles. The third-order valence-corrected chi connectivity index (χ3v) is 4.20. The van der Waals surface area contributed by atoms with Crippen molar-refractivity contribution >= 4 is 23.1 Å². The molecule has 0 aliphatic rings. The van der Waals surface area contributed by atoms with Gasteiger partial charge in [0.1, 0.15) is 17.0 Å². The quantitative estimate of drug-likeness (QED) is 0.249. The van der Waals surface area contributed by atoms with Crippen LogP contribution >= 0.6 is 0 Å². The SMILES string of the molecule is CCOc1ccc(/C=C/C(=O)Oc2ccc3nc(-c4ccccc4)oc3c2)cc1. The molecule has 4 rings (SSSR count). The number of ether oxygens (including phenoxy) is 2. The second-order valence-electron chi connectivity index (χ2n) is 6.27. The standard InChI is InChI=1S/C24H19NO4/c1-2-27-19-11-8-17(9-12-19)10-15-23(26)28-20-13-14-21-22(16-20)29-24(25-21)18-6-4-3-5-7-18/h3-16H,2H2,1H3/b15-10+. The summed E-state index contributed by atoms with van der Waals surface area (Å²) in [6, 6.07) is 22.2. The molecule has 0 unspecified atom stereocenters. The van der Waals surface area contributed by atoms with Gasteiger partial charge in [0.15, 0.2) is 5.58 Å². The molecular formula is C24H19NO4. The molecule has 0 atom stereocenters. The molecule has 0 saturated heterocycles. The highest BCUT2D eigenvalue weighted by Gasteiger charge is 2.10. The second kappa shape index (κ2) is 8.44. The fourth-order valence-corrected chi connectivity index (χ4v) is 2.83. The summed E-state index contributed by atoms with van der Waals surface area (Å²) in [5.74, 6) is 1.25. The van der Waals surface area contributed by atoms with E-state index in [1.807, 2.05) is 61.5 Å². The molecule has 3 aromatic carbocycles. The fourth-order valence-electron chi connectivity index (χ4n) is 2.83. The van der Waals surface area contributed by atoms with Crippen LogP contribution in [-0.4, -0.2) is 17.6 Å². The van der Waals surface area contributed by atoms with Gasteiger partial charge in [-0.3, -0.25) is 0 Å². The average Bonchev–Trinajstić information content (AvgIpc) is 3.18. The van der Waals surface area contributed by atoms with Crippen molar-refractivity contribution in [1.82, 2.24) is 4.98 Å². The topological polar surface area (TPSA) is 61.6 Å². The molecule has 144 valence electrons. The number of hydrogen-bond donors (Lipinski definition) is 0. The van der Waals surface area contributed by atoms with Crippen molar-refractivity contribution in [3.63, 3.8) is 0 Å². The molecular weight excluding hydrogens is 366 g/mol. The van der Waals surface area contributed by atoms with Gasteiger partial charge in [-0.2, -0.15) is 0 Å². The zero-order valence-electron chi connectivity index (χ0n) is 15.9. The van der Waals surface area contributed by atoms with E-state index in [-0.39, 0.29) is 0 Å². The molecule has 0 aliphatic carbocycles. The van der Waals surface area contributed by atoms with E-state index in [4.69, 9.17) is 13.9 Å². The molecule has 1 heterocycles. The van der Waals surface area contributed by atoms with Gasteiger partial charge in [-0.25, -0.2) is 9.78 Å². The summed E-state index contributed by atoms with van der Waals surface area (Å²) in [6.45, 7) is 2.55. The van der Waals surface area contributed by atoms with Gasteiger partial charge in [-0.05, 0) is 55.0 Å². The molecule has 0 spiro atoms. The highest BCUT2D eigenvalue weighted by molar-refractivity contribution is 5.89. The zero-order chi connectivity index (χ0) is 20.1. The number of esters is 1. The predicted molar refractivity (Wildman–Crippen MR) is 112 cm³/mol. The Morgan fingerprint density at radius 3 is 2.52 bits per heavy atom. The Kier molecular flexibility index (Phi) is 5.38. The van der Waals surface area contributed by atoms with Gasteiger partial charge in [-0.15, -0.1) is 0 Å². The number of rotatable bonds is 6. The van der Waals surface area contributed by atoms with Gasteiger partial charge in [0.25, 0.3) is 0 Å². The van der Waals surface area contributed by atoms with Crippen LogP contribution in [0.3, 0.4) is 0 Å². The van der Waals surface area contributed by atoms with Crippen LogP contribution in [0.1, 0.15) is 12.5 Å². The molecule has 0 fully saturated rings. The summed E-state index contributed by atoms with van der Waals surface area (Å²) < 4.78 is 16.6. The Morgan fingerprint density at radius 1 is 1.00 bits per heavy atom. The van der Waals surface area contributed by atoms with Crippen molar-refractivity contribution in [2.24, 2.45) is 0 Å². The summed E-state index contributed by atoms with van der Waals surface area (Å²) in [6.07, 6.45) is 3.08. The Labute approximate surface area is 168 Å². The van der Waals surface area contributed by atoms with Crippen LogP contribution in [0, 0.1) is 0 Å². The van der Waals surface area contributed by atoms with E-state index in [1.54, 1.807) is 24.3 Å². The van der Waals surface area contributed by atoms with E-state index in [0.29, 0.717) is 29.3 Å². The largest absolute Gasteiger partial charge is 0.494 e. The van der Waals surface area contributed by atoms with Crippen molar-refractivity contribution < 1.29 is 18.7 Å². The molecule has 0 bridgehead atoms. The van der Waals surface area contributed by atoms with Crippen molar-refractivity contribution in [2.75, 3.05) is 6.61 Å². The van der Waals surface area contributed by atoms with Crippen molar-refractivity contribution in [3.05, 3.63) is 84.4 Å². The maximum Gasteiger partial charge on any atom is 0.336 e. The van der Waals surface area contributed by atoms with Crippen molar-refractivity contribution in [3.8, 4) is 23.0 Å². The highest BCUT2D eigenvalue weighted by atomic mass is 16.5. The van der Waals surface area contributed by atoms with Gasteiger partial charge >= 0.3 is 5.97 Å². The smallest absolute Gasteiger partial charge is 0.336 e. The van der Waals surface area contributed by atoms with Gasteiger partial charge < -0.3 is 13.9 Å². The molecule has 5 heteroatoms. The van der Waals surface area contributed by atoms with Crippen LogP contribution in [0.15, 0.2) is 83.3 Å². The van der Waals surface area contributed by atoms with Gasteiger partial charge in [0.2, 0.25) is 5.89 Å². The number of fused-ring (bicyclic) bond motifs is 1. The molecule has 4 aromatic rings. The van der Waals surface area contributed by atoms with E-state index in [1.165, 1.54) is 6.08 Å². The third-order valence-electron chi connectivity index (χ3n) is 4.20. The minimum atomic E-state index is -0.471. The van der Waals surface area contributed by atoms with E-state index in [2.05, 4.69) is 4.98 Å². The first-order valence-electron chi connectivity index (χ1n) is 9.30. The predicted octanol–water partition coefficient (Wildman–Crippen LogP) is 5.51. The van der Waals surface area contributed by atoms with Crippen LogP contribution in [0.25, 0.3) is 28.6 Å². The Bertz CT molecular complexity index is 1140. The number of carbonyl (C=O) groups excluding carboxylic acids is 1. The fraction of sp³-hybridized carbons (Fsp3) is 0.0833. The van der Waals surface area contributed by atoms with E-state index in [9.17, 15) is 4.79 Å². The lowest BCUT2D eigenvalue weighted by molar-refractivity contribution is -0.128. The van der Waals surface area contributed by atoms with Crippen LogP contribution in [0.5, 0.6) is 11.5 Å². The number of benzene rings is 3. The molecule has 0 aliphatic heterocycles. The Hall–Kier alpha value is -3.86. The van der Waals surface area contributed by atoms with Gasteiger partial charge in [0, 0.05) is 17.7 Å². The molecule has 0 radical (unpaired) electrons. The van der Waals surface area contributed by atoms with Gasteiger partial charge in [-0.1, -0.05) is 30.3 Å². The van der Waals surface area contributed by atoms with E-state index in [0.717, 1.165) is 16.9 Å². The first-order chi connectivity index (χ1) is 14.2.